The third-order valence-electron chi connectivity index (χ3n) is 3.03. The lowest BCUT2D eigenvalue weighted by atomic mass is 10.1. The monoisotopic (exact) mass is 283 g/mol. The van der Waals surface area contributed by atoms with Crippen LogP contribution < -0.4 is 15.4 Å². The quantitative estimate of drug-likeness (QED) is 0.891. The summed E-state index contributed by atoms with van der Waals surface area (Å²) in [7, 11) is 0. The number of benzene rings is 1. The number of hydrogen-bond donors (Lipinski definition) is 2. The van der Waals surface area contributed by atoms with Gasteiger partial charge >= 0.3 is 0 Å². The summed E-state index contributed by atoms with van der Waals surface area (Å²) >= 11 is 0. The molecule has 21 heavy (non-hydrogen) atoms. The molecule has 2 aromatic rings. The van der Waals surface area contributed by atoms with Gasteiger partial charge in [-0.25, -0.2) is 0 Å². The Hall–Kier alpha value is -2.89. The number of nitrogens with zero attached hydrogens (tertiary/aromatic N) is 1. The van der Waals surface area contributed by atoms with E-state index in [1.54, 1.807) is 24.4 Å². The van der Waals surface area contributed by atoms with Crippen molar-refractivity contribution in [2.24, 2.45) is 0 Å². The molecule has 0 saturated carbocycles. The zero-order valence-electron chi connectivity index (χ0n) is 11.1. The summed E-state index contributed by atoms with van der Waals surface area (Å²) < 4.78 is 5.28. The Bertz CT molecular complexity index is 686. The summed E-state index contributed by atoms with van der Waals surface area (Å²) in [5.74, 6) is 0.0823. The molecule has 0 radical (unpaired) electrons. The average molecular weight is 283 g/mol. The fraction of sp³-hybridized carbons (Fsp3) is 0.133. The molecule has 2 amide bonds. The average Bonchev–Trinajstić information content (AvgIpc) is 2.53. The van der Waals surface area contributed by atoms with Crippen LogP contribution in [0.1, 0.15) is 16.1 Å². The zero-order valence-corrected chi connectivity index (χ0v) is 11.1. The van der Waals surface area contributed by atoms with Crippen LogP contribution in [0.25, 0.3) is 0 Å². The molecule has 0 spiro atoms. The third kappa shape index (κ3) is 3.00. The van der Waals surface area contributed by atoms with Gasteiger partial charge in [-0.1, -0.05) is 6.07 Å². The van der Waals surface area contributed by atoms with Crippen LogP contribution in [-0.4, -0.2) is 23.4 Å². The molecule has 2 heterocycles. The minimum absolute atomic E-state index is 0.0357. The van der Waals surface area contributed by atoms with E-state index in [9.17, 15) is 9.59 Å². The summed E-state index contributed by atoms with van der Waals surface area (Å²) in [6.07, 6.45) is 1.68. The predicted molar refractivity (Wildman–Crippen MR) is 76.0 cm³/mol. The Labute approximate surface area is 121 Å². The van der Waals surface area contributed by atoms with Crippen LogP contribution in [0.15, 0.2) is 42.6 Å². The Balaban J connectivity index is 1.69. The van der Waals surface area contributed by atoms with Gasteiger partial charge in [0.15, 0.2) is 6.61 Å². The van der Waals surface area contributed by atoms with E-state index in [1.807, 2.05) is 18.2 Å². The number of fused-ring (bicyclic) bond motifs is 1. The molecule has 0 unspecified atom stereocenters. The van der Waals surface area contributed by atoms with Crippen molar-refractivity contribution in [3.63, 3.8) is 0 Å². The maximum absolute atomic E-state index is 12.1. The van der Waals surface area contributed by atoms with E-state index in [4.69, 9.17) is 4.74 Å². The first-order valence-corrected chi connectivity index (χ1v) is 6.47. The normalized spacial score (nSPS) is 12.9. The number of aromatic nitrogens is 1. The molecule has 0 saturated heterocycles. The topological polar surface area (TPSA) is 80.3 Å². The van der Waals surface area contributed by atoms with Crippen molar-refractivity contribution in [3.05, 3.63) is 53.9 Å². The van der Waals surface area contributed by atoms with Crippen LogP contribution >= 0.6 is 0 Å². The van der Waals surface area contributed by atoms with Crippen molar-refractivity contribution >= 4 is 17.5 Å². The molecule has 106 valence electrons. The lowest BCUT2D eigenvalue weighted by Gasteiger charge is -2.18. The van der Waals surface area contributed by atoms with Crippen LogP contribution in [-0.2, 0) is 11.3 Å². The molecule has 6 nitrogen and oxygen atoms in total. The molecule has 3 rings (SSSR count). The highest BCUT2D eigenvalue weighted by atomic mass is 16.5. The molecule has 0 atom stereocenters. The van der Waals surface area contributed by atoms with E-state index in [0.29, 0.717) is 23.5 Å². The molecule has 0 fully saturated rings. The number of anilines is 1. The number of hydrogen-bond acceptors (Lipinski definition) is 4. The van der Waals surface area contributed by atoms with E-state index in [0.717, 1.165) is 5.69 Å². The van der Waals surface area contributed by atoms with Crippen LogP contribution in [0.5, 0.6) is 5.75 Å². The van der Waals surface area contributed by atoms with E-state index < -0.39 is 0 Å². The fourth-order valence-corrected chi connectivity index (χ4v) is 1.99. The van der Waals surface area contributed by atoms with Crippen molar-refractivity contribution in [2.45, 2.75) is 6.54 Å². The molecular formula is C15H13N3O3. The number of amides is 2. The number of carbonyl (C=O) groups excluding carboxylic acids is 2. The Kier molecular flexibility index (Phi) is 3.51. The van der Waals surface area contributed by atoms with Gasteiger partial charge in [0.1, 0.15) is 5.75 Å². The second kappa shape index (κ2) is 5.62. The Morgan fingerprint density at radius 3 is 3.05 bits per heavy atom. The number of nitrogens with one attached hydrogen (secondary N) is 2. The Morgan fingerprint density at radius 1 is 1.33 bits per heavy atom. The van der Waals surface area contributed by atoms with E-state index in [-0.39, 0.29) is 18.4 Å². The van der Waals surface area contributed by atoms with Crippen LogP contribution in [0.2, 0.25) is 0 Å². The molecule has 1 aromatic heterocycles. The molecule has 1 aliphatic heterocycles. The lowest BCUT2D eigenvalue weighted by Crippen LogP contribution is -2.26. The van der Waals surface area contributed by atoms with Crippen molar-refractivity contribution in [1.29, 1.82) is 0 Å². The highest BCUT2D eigenvalue weighted by molar-refractivity contribution is 5.98. The highest BCUT2D eigenvalue weighted by Crippen LogP contribution is 2.28. The first kappa shape index (κ1) is 13.1. The summed E-state index contributed by atoms with van der Waals surface area (Å²) in [5.41, 5.74) is 1.83. The smallest absolute Gasteiger partial charge is 0.262 e. The van der Waals surface area contributed by atoms with Crippen LogP contribution in [0, 0.1) is 0 Å². The van der Waals surface area contributed by atoms with Crippen molar-refractivity contribution < 1.29 is 14.3 Å². The van der Waals surface area contributed by atoms with E-state index in [2.05, 4.69) is 15.6 Å². The Morgan fingerprint density at radius 2 is 2.24 bits per heavy atom. The largest absolute Gasteiger partial charge is 0.482 e. The van der Waals surface area contributed by atoms with E-state index >= 15 is 0 Å². The van der Waals surface area contributed by atoms with Crippen LogP contribution in [0.3, 0.4) is 0 Å². The van der Waals surface area contributed by atoms with Gasteiger partial charge in [-0.2, -0.15) is 0 Å². The predicted octanol–water partition coefficient (Wildman–Crippen LogP) is 1.34. The minimum atomic E-state index is -0.219. The number of pyridine rings is 1. The molecule has 6 heteroatoms. The van der Waals surface area contributed by atoms with Gasteiger partial charge in [0.2, 0.25) is 0 Å². The van der Waals surface area contributed by atoms with Gasteiger partial charge in [0.25, 0.3) is 11.8 Å². The maximum Gasteiger partial charge on any atom is 0.262 e. The van der Waals surface area contributed by atoms with Gasteiger partial charge in [-0.05, 0) is 30.3 Å². The molecule has 0 bridgehead atoms. The lowest BCUT2D eigenvalue weighted by molar-refractivity contribution is -0.118. The summed E-state index contributed by atoms with van der Waals surface area (Å²) in [4.78, 5) is 27.4. The van der Waals surface area contributed by atoms with Gasteiger partial charge in [0.05, 0.1) is 17.9 Å². The highest BCUT2D eigenvalue weighted by Gasteiger charge is 2.17. The molecule has 1 aromatic carbocycles. The molecular weight excluding hydrogens is 270 g/mol. The van der Waals surface area contributed by atoms with Crippen molar-refractivity contribution in [1.82, 2.24) is 10.3 Å². The second-order valence-corrected chi connectivity index (χ2v) is 4.55. The maximum atomic E-state index is 12.1. The van der Waals surface area contributed by atoms with Gasteiger partial charge in [-0.15, -0.1) is 0 Å². The van der Waals surface area contributed by atoms with Crippen LogP contribution in [0.4, 0.5) is 5.69 Å². The summed E-state index contributed by atoms with van der Waals surface area (Å²) in [5, 5.41) is 5.46. The second-order valence-electron chi connectivity index (χ2n) is 4.55. The summed E-state index contributed by atoms with van der Waals surface area (Å²) in [6, 6.07) is 10.4. The van der Waals surface area contributed by atoms with Crippen molar-refractivity contribution in [3.8, 4) is 5.75 Å². The molecule has 2 N–H and O–H groups in total. The first-order valence-electron chi connectivity index (χ1n) is 6.47. The zero-order chi connectivity index (χ0) is 14.7. The van der Waals surface area contributed by atoms with Gasteiger partial charge in [-0.3, -0.25) is 14.6 Å². The van der Waals surface area contributed by atoms with Gasteiger partial charge in [0, 0.05) is 11.8 Å². The standard InChI is InChI=1S/C15H13N3O3/c19-14-9-21-13-7-10(4-5-12(13)18-14)15(20)17-8-11-3-1-2-6-16-11/h1-7H,8-9H2,(H,17,20)(H,18,19). The third-order valence-corrected chi connectivity index (χ3v) is 3.03. The molecule has 0 aliphatic carbocycles. The number of rotatable bonds is 3. The van der Waals surface area contributed by atoms with E-state index in [1.165, 1.54) is 0 Å². The SMILES string of the molecule is O=C1COc2cc(C(=O)NCc3ccccn3)ccc2N1. The van der Waals surface area contributed by atoms with Crippen molar-refractivity contribution in [2.75, 3.05) is 11.9 Å². The van der Waals surface area contributed by atoms with Gasteiger partial charge < -0.3 is 15.4 Å². The summed E-state index contributed by atoms with van der Waals surface area (Å²) in [6.45, 7) is 0.320. The minimum Gasteiger partial charge on any atom is -0.482 e. The first-order chi connectivity index (χ1) is 10.2. The number of carbonyl (C=O) groups is 2. The fourth-order valence-electron chi connectivity index (χ4n) is 1.99. The number of ether oxygens (including phenoxy) is 1. The molecule has 1 aliphatic rings.